The van der Waals surface area contributed by atoms with Gasteiger partial charge in [-0.25, -0.2) is 0 Å². The lowest BCUT2D eigenvalue weighted by Gasteiger charge is -1.93. The molecule has 0 aromatic rings. The lowest BCUT2D eigenvalue weighted by Crippen LogP contribution is -2.06. The van der Waals surface area contributed by atoms with Gasteiger partial charge in [-0.15, -0.1) is 0 Å². The quantitative estimate of drug-likeness (QED) is 0.481. The molecule has 0 amide bonds. The first kappa shape index (κ1) is 5.10. The van der Waals surface area contributed by atoms with E-state index in [1.54, 1.807) is 0 Å². The van der Waals surface area contributed by atoms with Gasteiger partial charge in [0.15, 0.2) is 0 Å². The maximum absolute atomic E-state index is 5.64. The second-order valence-corrected chi connectivity index (χ2v) is 3.14. The van der Waals surface area contributed by atoms with E-state index in [1.165, 1.54) is 0 Å². The molecule has 0 aromatic heterocycles. The fourth-order valence-electron chi connectivity index (χ4n) is 0.940. The van der Waals surface area contributed by atoms with Crippen molar-refractivity contribution in [3.05, 3.63) is 0 Å². The van der Waals surface area contributed by atoms with Crippen molar-refractivity contribution in [2.75, 3.05) is 0 Å². The predicted molar refractivity (Wildman–Crippen MR) is 30.9 cm³/mol. The third-order valence-corrected chi connectivity index (χ3v) is 2.46. The van der Waals surface area contributed by atoms with Crippen molar-refractivity contribution in [1.29, 1.82) is 0 Å². The number of hydrogen-bond acceptors (Lipinski definition) is 1. The minimum Gasteiger partial charge on any atom is -0.327 e. The van der Waals surface area contributed by atoms with E-state index in [0.717, 1.165) is 5.92 Å². The number of rotatable bonds is 0. The van der Waals surface area contributed by atoms with Gasteiger partial charge in [-0.1, -0.05) is 20.8 Å². The fourth-order valence-corrected chi connectivity index (χ4v) is 0.940. The topological polar surface area (TPSA) is 26.0 Å². The van der Waals surface area contributed by atoms with Gasteiger partial charge in [0, 0.05) is 6.04 Å². The Balaban J connectivity index is 2.52. The Kier molecular flexibility index (Phi) is 0.747. The van der Waals surface area contributed by atoms with Gasteiger partial charge in [0.1, 0.15) is 0 Å². The molecule has 2 N–H and O–H groups in total. The average Bonchev–Trinajstić information content (AvgIpc) is 1.91. The van der Waals surface area contributed by atoms with Crippen LogP contribution in [0.25, 0.3) is 0 Å². The van der Waals surface area contributed by atoms with Gasteiger partial charge in [-0.2, -0.15) is 0 Å². The lowest BCUT2D eigenvalue weighted by molar-refractivity contribution is 0.574. The van der Waals surface area contributed by atoms with Gasteiger partial charge in [-0.05, 0) is 11.3 Å². The Hall–Kier alpha value is -0.0400. The van der Waals surface area contributed by atoms with Crippen LogP contribution in [0.2, 0.25) is 0 Å². The standard InChI is InChI=1S/C6H13N/c1-4-5(7)6(4,2)3/h4-5H,7H2,1-3H3/t4-,5+/m1/s1. The molecule has 0 heterocycles. The van der Waals surface area contributed by atoms with Crippen LogP contribution in [0.3, 0.4) is 0 Å². The highest BCUT2D eigenvalue weighted by Crippen LogP contribution is 2.49. The van der Waals surface area contributed by atoms with Crippen molar-refractivity contribution in [1.82, 2.24) is 0 Å². The van der Waals surface area contributed by atoms with Gasteiger partial charge in [0.25, 0.3) is 0 Å². The highest BCUT2D eigenvalue weighted by molar-refractivity contribution is 5.05. The van der Waals surface area contributed by atoms with Gasteiger partial charge in [-0.3, -0.25) is 0 Å². The van der Waals surface area contributed by atoms with Crippen LogP contribution >= 0.6 is 0 Å². The second-order valence-electron chi connectivity index (χ2n) is 3.14. The summed E-state index contributed by atoms with van der Waals surface area (Å²) in [6.45, 7) is 6.62. The average molecular weight is 99.2 g/mol. The molecule has 0 bridgehead atoms. The van der Waals surface area contributed by atoms with Crippen molar-refractivity contribution in [2.45, 2.75) is 26.8 Å². The molecule has 42 valence electrons. The minimum absolute atomic E-state index is 0.444. The number of nitrogens with two attached hydrogens (primary N) is 1. The molecule has 0 unspecified atom stereocenters. The van der Waals surface area contributed by atoms with Crippen LogP contribution in [0, 0.1) is 11.3 Å². The maximum Gasteiger partial charge on any atom is 0.0125 e. The Morgan fingerprint density at radius 3 is 1.57 bits per heavy atom. The third-order valence-electron chi connectivity index (χ3n) is 2.46. The fraction of sp³-hybridized carbons (Fsp3) is 1.00. The summed E-state index contributed by atoms with van der Waals surface area (Å²) in [6, 6.07) is 0.465. The molecule has 0 radical (unpaired) electrons. The van der Waals surface area contributed by atoms with Gasteiger partial charge in [0.05, 0.1) is 0 Å². The van der Waals surface area contributed by atoms with Crippen molar-refractivity contribution in [2.24, 2.45) is 17.1 Å². The molecule has 0 spiro atoms. The molecule has 1 aliphatic carbocycles. The van der Waals surface area contributed by atoms with Crippen molar-refractivity contribution < 1.29 is 0 Å². The molecule has 2 atom stereocenters. The largest absolute Gasteiger partial charge is 0.327 e. The highest BCUT2D eigenvalue weighted by atomic mass is 14.8. The van der Waals surface area contributed by atoms with Crippen LogP contribution in [0.15, 0.2) is 0 Å². The molecular weight excluding hydrogens is 86.1 g/mol. The molecule has 1 aliphatic rings. The molecule has 1 heteroatoms. The summed E-state index contributed by atoms with van der Waals surface area (Å²) in [7, 11) is 0. The van der Waals surface area contributed by atoms with Crippen LogP contribution in [0.4, 0.5) is 0 Å². The molecule has 1 fully saturated rings. The van der Waals surface area contributed by atoms with E-state index in [0.29, 0.717) is 11.5 Å². The summed E-state index contributed by atoms with van der Waals surface area (Å²) >= 11 is 0. The highest BCUT2D eigenvalue weighted by Gasteiger charge is 2.51. The molecule has 1 saturated carbocycles. The summed E-state index contributed by atoms with van der Waals surface area (Å²) in [5.74, 6) is 0.743. The van der Waals surface area contributed by atoms with Gasteiger partial charge < -0.3 is 5.73 Å². The van der Waals surface area contributed by atoms with E-state index in [9.17, 15) is 0 Å². The van der Waals surface area contributed by atoms with E-state index in [4.69, 9.17) is 5.73 Å². The molecule has 0 aromatic carbocycles. The molecule has 1 nitrogen and oxygen atoms in total. The van der Waals surface area contributed by atoms with Crippen molar-refractivity contribution in [3.8, 4) is 0 Å². The summed E-state index contributed by atoms with van der Waals surface area (Å²) in [4.78, 5) is 0. The molecule has 0 saturated heterocycles. The van der Waals surface area contributed by atoms with Crippen molar-refractivity contribution >= 4 is 0 Å². The second kappa shape index (κ2) is 1.03. The van der Waals surface area contributed by atoms with Crippen LogP contribution in [0.5, 0.6) is 0 Å². The number of hydrogen-bond donors (Lipinski definition) is 1. The molecule has 0 aliphatic heterocycles. The maximum atomic E-state index is 5.64. The Morgan fingerprint density at radius 2 is 1.57 bits per heavy atom. The van der Waals surface area contributed by atoms with Gasteiger partial charge >= 0.3 is 0 Å². The van der Waals surface area contributed by atoms with E-state index in [2.05, 4.69) is 20.8 Å². The SMILES string of the molecule is C[C@@H]1[C@H](N)C1(C)C. The van der Waals surface area contributed by atoms with Crippen LogP contribution in [0.1, 0.15) is 20.8 Å². The molecule has 7 heavy (non-hydrogen) atoms. The normalized spacial score (nSPS) is 46.3. The summed E-state index contributed by atoms with van der Waals surface area (Å²) in [5, 5.41) is 0. The first-order chi connectivity index (χ1) is 3.07. The summed E-state index contributed by atoms with van der Waals surface area (Å²) in [6.07, 6.45) is 0. The van der Waals surface area contributed by atoms with E-state index in [-0.39, 0.29) is 0 Å². The lowest BCUT2D eigenvalue weighted by atomic mass is 10.1. The minimum atomic E-state index is 0.444. The zero-order valence-corrected chi connectivity index (χ0v) is 5.23. The Morgan fingerprint density at radius 1 is 1.43 bits per heavy atom. The Bertz CT molecular complexity index is 76.2. The van der Waals surface area contributed by atoms with Crippen LogP contribution in [-0.2, 0) is 0 Å². The zero-order chi connectivity index (χ0) is 5.65. The van der Waals surface area contributed by atoms with Gasteiger partial charge in [0.2, 0.25) is 0 Å². The van der Waals surface area contributed by atoms with E-state index < -0.39 is 0 Å². The van der Waals surface area contributed by atoms with Crippen LogP contribution in [-0.4, -0.2) is 6.04 Å². The smallest absolute Gasteiger partial charge is 0.0125 e. The predicted octanol–water partition coefficient (Wildman–Crippen LogP) is 0.990. The monoisotopic (exact) mass is 99.1 g/mol. The van der Waals surface area contributed by atoms with Crippen molar-refractivity contribution in [3.63, 3.8) is 0 Å². The summed E-state index contributed by atoms with van der Waals surface area (Å²) < 4.78 is 0. The summed E-state index contributed by atoms with van der Waals surface area (Å²) in [5.41, 5.74) is 6.09. The first-order valence-electron chi connectivity index (χ1n) is 2.82. The molecule has 1 rings (SSSR count). The van der Waals surface area contributed by atoms with Crippen LogP contribution < -0.4 is 5.73 Å². The first-order valence-corrected chi connectivity index (χ1v) is 2.82. The molecular formula is C6H13N. The van der Waals surface area contributed by atoms with E-state index >= 15 is 0 Å². The zero-order valence-electron chi connectivity index (χ0n) is 5.23. The third kappa shape index (κ3) is 0.480. The van der Waals surface area contributed by atoms with E-state index in [1.807, 2.05) is 0 Å². The Labute approximate surface area is 44.9 Å².